The van der Waals surface area contributed by atoms with Crippen molar-refractivity contribution in [2.75, 3.05) is 26.3 Å². The molecule has 10 heteroatoms. The summed E-state index contributed by atoms with van der Waals surface area (Å²) in [5.74, 6) is 0.567. The first-order valence-corrected chi connectivity index (χ1v) is 16.1. The predicted molar refractivity (Wildman–Crippen MR) is 176 cm³/mol. The van der Waals surface area contributed by atoms with Gasteiger partial charge in [-0.3, -0.25) is 14.4 Å². The van der Waals surface area contributed by atoms with Gasteiger partial charge in [0, 0.05) is 32.5 Å². The highest BCUT2D eigenvalue weighted by atomic mass is 32.2. The smallest absolute Gasteiger partial charge is 0.322 e. The number of nitrogens with zero attached hydrogens (tertiary/aromatic N) is 1. The molecule has 0 atom stereocenters. The Labute approximate surface area is 257 Å². The lowest BCUT2D eigenvalue weighted by atomic mass is 10.2. The number of benzene rings is 3. The second-order valence-electron chi connectivity index (χ2n) is 9.62. The zero-order valence-electron chi connectivity index (χ0n) is 23.1. The van der Waals surface area contributed by atoms with Crippen LogP contribution < -0.4 is 10.2 Å². The van der Waals surface area contributed by atoms with Crippen LogP contribution in [0.4, 0.5) is 0 Å². The lowest BCUT2D eigenvalue weighted by Gasteiger charge is -2.24. The average molecular weight is 626 g/mol. The molecule has 0 fully saturated rings. The molecule has 0 unspecified atom stereocenters. The second-order valence-corrected chi connectivity index (χ2v) is 14.5. The van der Waals surface area contributed by atoms with Gasteiger partial charge in [0.2, 0.25) is 0 Å². The lowest BCUT2D eigenvalue weighted by Crippen LogP contribution is -2.39. The van der Waals surface area contributed by atoms with Crippen molar-refractivity contribution in [1.29, 1.82) is 0 Å². The molecule has 0 aliphatic rings. The molecule has 0 aliphatic heterocycles. The van der Waals surface area contributed by atoms with Crippen molar-refractivity contribution in [3.63, 3.8) is 0 Å². The summed E-state index contributed by atoms with van der Waals surface area (Å²) in [4.78, 5) is 40.1. The zero-order valence-corrected chi connectivity index (χ0v) is 26.4. The minimum absolute atomic E-state index is 0.0558. The minimum atomic E-state index is -0.854. The first-order valence-electron chi connectivity index (χ1n) is 13.1. The molecule has 0 saturated carbocycles. The highest BCUT2D eigenvalue weighted by Crippen LogP contribution is 2.33. The van der Waals surface area contributed by atoms with E-state index in [0.717, 1.165) is 15.2 Å². The maximum Gasteiger partial charge on any atom is 0.322 e. The zero-order chi connectivity index (χ0) is 29.4. The Morgan fingerprint density at radius 1 is 0.976 bits per heavy atom. The topological polar surface area (TPSA) is 72.9 Å². The van der Waals surface area contributed by atoms with E-state index in [9.17, 15) is 14.4 Å². The molecule has 0 saturated heterocycles. The molecule has 0 bridgehead atoms. The summed E-state index contributed by atoms with van der Waals surface area (Å²) >= 11 is 9.85. The van der Waals surface area contributed by atoms with Crippen LogP contribution in [-0.2, 0) is 20.1 Å². The maximum atomic E-state index is 13.0. The summed E-state index contributed by atoms with van der Waals surface area (Å²) in [7, 11) is 0. The summed E-state index contributed by atoms with van der Waals surface area (Å²) in [6.07, 6.45) is 0. The normalized spacial score (nSPS) is 11.4. The van der Waals surface area contributed by atoms with Gasteiger partial charge in [-0.15, -0.1) is 23.1 Å². The van der Waals surface area contributed by atoms with Crippen LogP contribution in [0.25, 0.3) is 20.2 Å². The Hall–Kier alpha value is -2.92. The number of carbonyl (C=O) groups is 2. The van der Waals surface area contributed by atoms with Crippen molar-refractivity contribution in [2.24, 2.45) is 0 Å². The number of thioether (sulfide) groups is 2. The van der Waals surface area contributed by atoms with Gasteiger partial charge in [-0.1, -0.05) is 66.4 Å². The fourth-order valence-corrected chi connectivity index (χ4v) is 7.91. The van der Waals surface area contributed by atoms with Crippen molar-refractivity contribution in [1.82, 2.24) is 4.90 Å². The van der Waals surface area contributed by atoms with Gasteiger partial charge in [-0.05, 0) is 56.7 Å². The molecule has 214 valence electrons. The third kappa shape index (κ3) is 8.31. The highest BCUT2D eigenvalue weighted by Gasteiger charge is 2.32. The minimum Gasteiger partial charge on any atom is -0.484 e. The van der Waals surface area contributed by atoms with Gasteiger partial charge in [0.05, 0.1) is 6.54 Å². The van der Waals surface area contributed by atoms with E-state index in [0.29, 0.717) is 26.6 Å². The van der Waals surface area contributed by atoms with Gasteiger partial charge in [0.1, 0.15) is 20.6 Å². The van der Waals surface area contributed by atoms with E-state index in [1.807, 2.05) is 67.6 Å². The summed E-state index contributed by atoms with van der Waals surface area (Å²) in [5, 5.41) is 1.23. The van der Waals surface area contributed by atoms with Gasteiger partial charge >= 0.3 is 5.97 Å². The van der Waals surface area contributed by atoms with Crippen LogP contribution in [0.5, 0.6) is 5.75 Å². The van der Waals surface area contributed by atoms with Crippen molar-refractivity contribution >= 4 is 82.7 Å². The number of hydrogen-bond donors (Lipinski definition) is 0. The van der Waals surface area contributed by atoms with Crippen LogP contribution in [0.2, 0.25) is 0 Å². The van der Waals surface area contributed by atoms with Crippen molar-refractivity contribution in [3.05, 3.63) is 88.6 Å². The molecule has 1 heterocycles. The molecule has 4 aromatic rings. The molecule has 4 rings (SSSR count). The van der Waals surface area contributed by atoms with Crippen LogP contribution in [0.3, 0.4) is 0 Å². The van der Waals surface area contributed by atoms with Gasteiger partial charge in [-0.2, -0.15) is 0 Å². The Morgan fingerprint density at radius 2 is 1.68 bits per heavy atom. The number of carbonyl (C=O) groups excluding carboxylic acids is 2. The Morgan fingerprint density at radius 3 is 2.44 bits per heavy atom. The number of amides is 1. The standard InChI is InChI=1S/C31H31NO5S4/c1-4-32(16-17-36-29(35)31(2,3)41-30(38)39-20-21-10-6-5-7-11-21)27(33)19-37-22-14-15-26-24(18-22)28(34)23-12-8-9-13-25(23)40-26/h5-15,18H,4,16-17,19-20H2,1-3H3. The molecule has 0 spiro atoms. The Bertz CT molecular complexity index is 1600. The van der Waals surface area contributed by atoms with Gasteiger partial charge in [-0.25, -0.2) is 0 Å². The van der Waals surface area contributed by atoms with E-state index in [-0.39, 0.29) is 37.1 Å². The SMILES string of the molecule is CCN(CCOC(=O)C(C)(C)SC(=S)SCc1ccccc1)C(=O)COc1ccc2sc3ccccc3c(=O)c2c1. The fourth-order valence-electron chi connectivity index (χ4n) is 3.99. The second kappa shape index (κ2) is 14.3. The van der Waals surface area contributed by atoms with Crippen LogP contribution in [0.1, 0.15) is 26.3 Å². The molecular formula is C31H31NO5S4. The summed E-state index contributed by atoms with van der Waals surface area (Å²) in [6.45, 7) is 5.98. The molecule has 1 aromatic heterocycles. The van der Waals surface area contributed by atoms with E-state index in [1.165, 1.54) is 29.1 Å². The van der Waals surface area contributed by atoms with E-state index >= 15 is 0 Å². The molecule has 3 aromatic carbocycles. The Balaban J connectivity index is 1.25. The fraction of sp³-hybridized carbons (Fsp3) is 0.290. The van der Waals surface area contributed by atoms with Crippen LogP contribution >= 0.6 is 47.1 Å². The van der Waals surface area contributed by atoms with Crippen molar-refractivity contribution in [3.8, 4) is 5.75 Å². The van der Waals surface area contributed by atoms with Gasteiger partial charge < -0.3 is 14.4 Å². The number of fused-ring (bicyclic) bond motifs is 2. The third-order valence-electron chi connectivity index (χ3n) is 6.27. The number of hydrogen-bond acceptors (Lipinski definition) is 9. The van der Waals surface area contributed by atoms with E-state index in [1.54, 1.807) is 42.2 Å². The van der Waals surface area contributed by atoms with Crippen molar-refractivity contribution < 1.29 is 19.1 Å². The van der Waals surface area contributed by atoms with Gasteiger partial charge in [0.15, 0.2) is 12.0 Å². The van der Waals surface area contributed by atoms with Crippen LogP contribution in [0.15, 0.2) is 77.6 Å². The predicted octanol–water partition coefficient (Wildman–Crippen LogP) is 6.92. The first-order chi connectivity index (χ1) is 19.7. The average Bonchev–Trinajstić information content (AvgIpc) is 2.97. The van der Waals surface area contributed by atoms with Crippen LogP contribution in [0, 0.1) is 0 Å². The maximum absolute atomic E-state index is 13.0. The highest BCUT2D eigenvalue weighted by molar-refractivity contribution is 8.47. The van der Waals surface area contributed by atoms with Gasteiger partial charge in [0.25, 0.3) is 5.91 Å². The summed E-state index contributed by atoms with van der Waals surface area (Å²) < 4.78 is 12.9. The number of ether oxygens (including phenoxy) is 2. The molecule has 41 heavy (non-hydrogen) atoms. The third-order valence-corrected chi connectivity index (χ3v) is 10.2. The van der Waals surface area contributed by atoms with E-state index in [4.69, 9.17) is 21.7 Å². The number of rotatable bonds is 11. The molecule has 0 N–H and O–H groups in total. The van der Waals surface area contributed by atoms with Crippen molar-refractivity contribution in [2.45, 2.75) is 31.3 Å². The van der Waals surface area contributed by atoms with E-state index < -0.39 is 4.75 Å². The Kier molecular flexibility index (Phi) is 10.8. The summed E-state index contributed by atoms with van der Waals surface area (Å²) in [5.41, 5.74) is 1.11. The first kappa shape index (κ1) is 31.0. The molecule has 0 radical (unpaired) electrons. The largest absolute Gasteiger partial charge is 0.484 e. The van der Waals surface area contributed by atoms with Crippen LogP contribution in [-0.4, -0.2) is 51.4 Å². The molecule has 0 aliphatic carbocycles. The van der Waals surface area contributed by atoms with E-state index in [2.05, 4.69) is 0 Å². The molecule has 6 nitrogen and oxygen atoms in total. The number of thiocarbonyl (C=S) groups is 1. The molecular weight excluding hydrogens is 595 g/mol. The quantitative estimate of drug-likeness (QED) is 0.101. The number of esters is 1. The monoisotopic (exact) mass is 625 g/mol. The summed E-state index contributed by atoms with van der Waals surface area (Å²) in [6, 6.07) is 22.8. The lowest BCUT2D eigenvalue weighted by molar-refractivity contribution is -0.147. The number of likely N-dealkylation sites (N-methyl/N-ethyl adjacent to an activating group) is 1. The molecule has 1 amide bonds.